The number of aliphatic hydroxyl groups excluding tert-OH is 1. The predicted molar refractivity (Wildman–Crippen MR) is 80.2 cm³/mol. The second-order valence-corrected chi connectivity index (χ2v) is 5.12. The number of carbonyl (C=O) groups is 1. The molecule has 1 amide bonds. The lowest BCUT2D eigenvalue weighted by atomic mass is 10.1. The molecule has 1 aromatic heterocycles. The molecule has 0 radical (unpaired) electrons. The minimum Gasteiger partial charge on any atom is -0.396 e. The number of aromatic amines is 1. The molecule has 21 heavy (non-hydrogen) atoms. The summed E-state index contributed by atoms with van der Waals surface area (Å²) < 4.78 is 0. The van der Waals surface area contributed by atoms with Gasteiger partial charge in [0.05, 0.1) is 5.39 Å². The van der Waals surface area contributed by atoms with E-state index in [-0.39, 0.29) is 29.8 Å². The number of hydrogen-bond donors (Lipinski definition) is 2. The summed E-state index contributed by atoms with van der Waals surface area (Å²) in [5, 5.41) is 16.2. The number of nitrogens with zero attached hydrogens (tertiary/aromatic N) is 2. The number of hydrogen-bond acceptors (Lipinski definition) is 4. The Kier molecular flexibility index (Phi) is 4.70. The summed E-state index contributed by atoms with van der Waals surface area (Å²) in [6.45, 7) is 4.28. The molecule has 0 aliphatic heterocycles. The van der Waals surface area contributed by atoms with Gasteiger partial charge >= 0.3 is 0 Å². The number of nitrogens with one attached hydrogen (secondary N) is 1. The van der Waals surface area contributed by atoms with E-state index in [1.807, 2.05) is 13.8 Å². The average molecular weight is 289 g/mol. The Morgan fingerprint density at radius 2 is 2.00 bits per heavy atom. The largest absolute Gasteiger partial charge is 0.396 e. The van der Waals surface area contributed by atoms with Gasteiger partial charge in [-0.2, -0.15) is 5.10 Å². The summed E-state index contributed by atoms with van der Waals surface area (Å²) in [5.74, 6) is -0.245. The first-order valence-corrected chi connectivity index (χ1v) is 6.95. The van der Waals surface area contributed by atoms with E-state index in [1.54, 1.807) is 29.2 Å². The molecule has 0 atom stereocenters. The zero-order chi connectivity index (χ0) is 15.4. The first-order valence-electron chi connectivity index (χ1n) is 6.95. The molecule has 2 N–H and O–H groups in total. The van der Waals surface area contributed by atoms with Gasteiger partial charge in [0, 0.05) is 24.6 Å². The maximum Gasteiger partial charge on any atom is 0.275 e. The van der Waals surface area contributed by atoms with Crippen molar-refractivity contribution in [1.82, 2.24) is 15.1 Å². The Bertz CT molecular complexity index is 694. The third kappa shape index (κ3) is 3.11. The fourth-order valence-corrected chi connectivity index (χ4v) is 2.25. The standard InChI is InChI=1S/C15H19N3O3/c1-10(2)18(8-5-9-19)15(21)13-11-6-3-4-7-12(11)14(20)17-16-13/h3-4,6-7,10,19H,5,8-9H2,1-2H3,(H,17,20). The van der Waals surface area contributed by atoms with Crippen LogP contribution in [0.3, 0.4) is 0 Å². The number of carbonyl (C=O) groups excluding carboxylic acids is 1. The molecular weight excluding hydrogens is 270 g/mol. The molecule has 1 heterocycles. The predicted octanol–water partition coefficient (Wildman–Crippen LogP) is 1.16. The van der Waals surface area contributed by atoms with Crippen LogP contribution in [-0.4, -0.2) is 45.3 Å². The highest BCUT2D eigenvalue weighted by Crippen LogP contribution is 2.15. The monoisotopic (exact) mass is 289 g/mol. The number of aromatic nitrogens is 2. The zero-order valence-electron chi connectivity index (χ0n) is 12.2. The van der Waals surface area contributed by atoms with Crippen LogP contribution in [0.5, 0.6) is 0 Å². The van der Waals surface area contributed by atoms with Gasteiger partial charge in [-0.05, 0) is 26.3 Å². The molecule has 2 rings (SSSR count). The van der Waals surface area contributed by atoms with Gasteiger partial charge in [0.15, 0.2) is 5.69 Å². The smallest absolute Gasteiger partial charge is 0.275 e. The summed E-state index contributed by atoms with van der Waals surface area (Å²) in [6, 6.07) is 6.89. The van der Waals surface area contributed by atoms with E-state index in [2.05, 4.69) is 10.2 Å². The van der Waals surface area contributed by atoms with Crippen molar-refractivity contribution in [2.45, 2.75) is 26.3 Å². The van der Waals surface area contributed by atoms with Crippen molar-refractivity contribution in [2.24, 2.45) is 0 Å². The molecule has 0 aliphatic rings. The molecular formula is C15H19N3O3. The van der Waals surface area contributed by atoms with Crippen molar-refractivity contribution >= 4 is 16.7 Å². The molecule has 0 spiro atoms. The number of H-pyrrole nitrogens is 1. The number of aliphatic hydroxyl groups is 1. The molecule has 1 aromatic carbocycles. The van der Waals surface area contributed by atoms with Crippen LogP contribution in [-0.2, 0) is 0 Å². The molecule has 0 unspecified atom stereocenters. The zero-order valence-corrected chi connectivity index (χ0v) is 12.2. The molecule has 0 fully saturated rings. The topological polar surface area (TPSA) is 86.3 Å². The van der Waals surface area contributed by atoms with E-state index in [0.717, 1.165) is 0 Å². The molecule has 0 saturated heterocycles. The van der Waals surface area contributed by atoms with Crippen LogP contribution >= 0.6 is 0 Å². The van der Waals surface area contributed by atoms with E-state index in [9.17, 15) is 9.59 Å². The summed E-state index contributed by atoms with van der Waals surface area (Å²) >= 11 is 0. The van der Waals surface area contributed by atoms with Crippen molar-refractivity contribution in [3.63, 3.8) is 0 Å². The minimum atomic E-state index is -0.311. The van der Waals surface area contributed by atoms with E-state index in [1.165, 1.54) is 0 Å². The normalized spacial score (nSPS) is 11.0. The molecule has 0 bridgehead atoms. The average Bonchev–Trinajstić information content (AvgIpc) is 2.48. The summed E-state index contributed by atoms with van der Waals surface area (Å²) in [6.07, 6.45) is 0.505. The lowest BCUT2D eigenvalue weighted by Gasteiger charge is -2.26. The summed E-state index contributed by atoms with van der Waals surface area (Å²) in [5.41, 5.74) is -0.0783. The molecule has 112 valence electrons. The molecule has 2 aromatic rings. The first kappa shape index (κ1) is 15.2. The third-order valence-corrected chi connectivity index (χ3v) is 3.34. The molecule has 6 nitrogen and oxygen atoms in total. The molecule has 0 saturated carbocycles. The van der Waals surface area contributed by atoms with Gasteiger partial charge in [0.1, 0.15) is 0 Å². The second-order valence-electron chi connectivity index (χ2n) is 5.12. The van der Waals surface area contributed by atoms with Gasteiger partial charge in [-0.25, -0.2) is 5.10 Å². The summed E-state index contributed by atoms with van der Waals surface area (Å²) in [7, 11) is 0. The SMILES string of the molecule is CC(C)N(CCCO)C(=O)c1n[nH]c(=O)c2ccccc12. The van der Waals surface area contributed by atoms with Gasteiger partial charge in [0.2, 0.25) is 0 Å². The maximum atomic E-state index is 12.7. The van der Waals surface area contributed by atoms with Crippen LogP contribution in [0.15, 0.2) is 29.1 Å². The van der Waals surface area contributed by atoms with Gasteiger partial charge in [-0.3, -0.25) is 9.59 Å². The van der Waals surface area contributed by atoms with Crippen LogP contribution in [0.1, 0.15) is 30.8 Å². The highest BCUT2D eigenvalue weighted by atomic mass is 16.3. The van der Waals surface area contributed by atoms with Crippen LogP contribution < -0.4 is 5.56 Å². The Labute approximate surface area is 122 Å². The van der Waals surface area contributed by atoms with Crippen molar-refractivity contribution < 1.29 is 9.90 Å². The van der Waals surface area contributed by atoms with E-state index >= 15 is 0 Å². The Morgan fingerprint density at radius 3 is 2.62 bits per heavy atom. The Morgan fingerprint density at radius 1 is 1.33 bits per heavy atom. The highest BCUT2D eigenvalue weighted by molar-refractivity contribution is 6.04. The lowest BCUT2D eigenvalue weighted by Crippen LogP contribution is -2.39. The van der Waals surface area contributed by atoms with E-state index in [0.29, 0.717) is 23.7 Å². The van der Waals surface area contributed by atoms with Crippen LogP contribution in [0.4, 0.5) is 0 Å². The second kappa shape index (κ2) is 6.49. The third-order valence-electron chi connectivity index (χ3n) is 3.34. The quantitative estimate of drug-likeness (QED) is 0.864. The van der Waals surface area contributed by atoms with Crippen LogP contribution in [0.25, 0.3) is 10.8 Å². The molecule has 0 aliphatic carbocycles. The van der Waals surface area contributed by atoms with Crippen molar-refractivity contribution in [3.05, 3.63) is 40.3 Å². The van der Waals surface area contributed by atoms with Crippen LogP contribution in [0.2, 0.25) is 0 Å². The van der Waals surface area contributed by atoms with E-state index < -0.39 is 0 Å². The number of fused-ring (bicyclic) bond motifs is 1. The summed E-state index contributed by atoms with van der Waals surface area (Å²) in [4.78, 5) is 26.1. The van der Waals surface area contributed by atoms with Crippen molar-refractivity contribution in [2.75, 3.05) is 13.2 Å². The Balaban J connectivity index is 2.47. The number of rotatable bonds is 5. The van der Waals surface area contributed by atoms with Gasteiger partial charge in [-0.1, -0.05) is 18.2 Å². The van der Waals surface area contributed by atoms with Crippen molar-refractivity contribution in [1.29, 1.82) is 0 Å². The van der Waals surface area contributed by atoms with Gasteiger partial charge in [-0.15, -0.1) is 0 Å². The number of amides is 1. The van der Waals surface area contributed by atoms with Gasteiger partial charge in [0.25, 0.3) is 11.5 Å². The molecule has 6 heteroatoms. The minimum absolute atomic E-state index is 0.0171. The van der Waals surface area contributed by atoms with E-state index in [4.69, 9.17) is 5.11 Å². The Hall–Kier alpha value is -2.21. The first-order chi connectivity index (χ1) is 10.1. The lowest BCUT2D eigenvalue weighted by molar-refractivity contribution is 0.0688. The van der Waals surface area contributed by atoms with Crippen molar-refractivity contribution in [3.8, 4) is 0 Å². The fourth-order valence-electron chi connectivity index (χ4n) is 2.25. The fraction of sp³-hybridized carbons (Fsp3) is 0.400. The maximum absolute atomic E-state index is 12.7. The highest BCUT2D eigenvalue weighted by Gasteiger charge is 2.22. The van der Waals surface area contributed by atoms with Crippen LogP contribution in [0, 0.1) is 0 Å². The number of benzene rings is 1. The van der Waals surface area contributed by atoms with Gasteiger partial charge < -0.3 is 10.0 Å².